The molecule has 0 aromatic rings. The van der Waals surface area contributed by atoms with Gasteiger partial charge in [0.15, 0.2) is 0 Å². The third kappa shape index (κ3) is 5.28. The summed E-state index contributed by atoms with van der Waals surface area (Å²) >= 11 is 0. The number of piperidine rings is 1. The Bertz CT molecular complexity index is 685. The molecule has 202 valence electrons. The van der Waals surface area contributed by atoms with E-state index in [2.05, 4.69) is 39.5 Å². The zero-order valence-electron chi connectivity index (χ0n) is 24.2. The van der Waals surface area contributed by atoms with Crippen LogP contribution in [0.15, 0.2) is 0 Å². The molecule has 9 unspecified atom stereocenters. The van der Waals surface area contributed by atoms with Gasteiger partial charge in [0.25, 0.3) is 0 Å². The van der Waals surface area contributed by atoms with Crippen molar-refractivity contribution in [3.05, 3.63) is 0 Å². The van der Waals surface area contributed by atoms with E-state index in [9.17, 15) is 0 Å². The van der Waals surface area contributed by atoms with Crippen LogP contribution in [0.1, 0.15) is 131 Å². The van der Waals surface area contributed by atoms with Crippen molar-refractivity contribution >= 4 is 0 Å². The van der Waals surface area contributed by atoms with E-state index in [4.69, 9.17) is 4.74 Å². The average Bonchev–Trinajstić information content (AvgIpc) is 3.20. The lowest BCUT2D eigenvalue weighted by Crippen LogP contribution is -2.54. The van der Waals surface area contributed by atoms with Gasteiger partial charge in [-0.2, -0.15) is 0 Å². The Morgan fingerprint density at radius 1 is 0.800 bits per heavy atom. The summed E-state index contributed by atoms with van der Waals surface area (Å²) in [5.41, 5.74) is 1.23. The summed E-state index contributed by atoms with van der Waals surface area (Å²) in [5, 5.41) is 0. The number of likely N-dealkylation sites (tertiary alicyclic amines) is 1. The molecule has 0 spiro atoms. The maximum absolute atomic E-state index is 6.55. The van der Waals surface area contributed by atoms with Gasteiger partial charge in [0.05, 0.1) is 12.8 Å². The third-order valence-electron chi connectivity index (χ3n) is 12.8. The Labute approximate surface area is 218 Å². The summed E-state index contributed by atoms with van der Waals surface area (Å²) in [7, 11) is 0. The van der Waals surface area contributed by atoms with Gasteiger partial charge in [-0.3, -0.25) is 4.90 Å². The van der Waals surface area contributed by atoms with Crippen LogP contribution in [0.2, 0.25) is 0 Å². The Kier molecular flexibility index (Phi) is 8.30. The molecule has 0 N–H and O–H groups in total. The second-order valence-electron chi connectivity index (χ2n) is 15.1. The van der Waals surface area contributed by atoms with Gasteiger partial charge in [-0.05, 0) is 123 Å². The van der Waals surface area contributed by atoms with Crippen molar-refractivity contribution in [2.45, 2.75) is 137 Å². The van der Waals surface area contributed by atoms with Gasteiger partial charge in [-0.1, -0.05) is 60.3 Å². The second kappa shape index (κ2) is 11.0. The van der Waals surface area contributed by atoms with E-state index < -0.39 is 0 Å². The molecule has 1 heterocycles. The average molecular weight is 486 g/mol. The number of rotatable bonds is 8. The van der Waals surface area contributed by atoms with Crippen LogP contribution in [0.4, 0.5) is 0 Å². The maximum atomic E-state index is 6.55. The molecular formula is C33H59NO. The molecule has 0 aromatic carbocycles. The van der Waals surface area contributed by atoms with Crippen molar-refractivity contribution in [3.63, 3.8) is 0 Å². The van der Waals surface area contributed by atoms with Crippen LogP contribution in [0.25, 0.3) is 0 Å². The molecule has 0 bridgehead atoms. The smallest absolute Gasteiger partial charge is 0.0994 e. The zero-order chi connectivity index (χ0) is 24.6. The first-order valence-electron chi connectivity index (χ1n) is 16.1. The van der Waals surface area contributed by atoms with Gasteiger partial charge in [0.2, 0.25) is 0 Å². The molecule has 0 radical (unpaired) electrons. The lowest BCUT2D eigenvalue weighted by atomic mass is 9.44. The van der Waals surface area contributed by atoms with Crippen LogP contribution in [-0.2, 0) is 4.74 Å². The topological polar surface area (TPSA) is 12.5 Å². The predicted molar refractivity (Wildman–Crippen MR) is 148 cm³/mol. The van der Waals surface area contributed by atoms with Gasteiger partial charge in [0.1, 0.15) is 0 Å². The van der Waals surface area contributed by atoms with Crippen LogP contribution in [0.3, 0.4) is 0 Å². The predicted octanol–water partition coefficient (Wildman–Crippen LogP) is 8.94. The Hall–Kier alpha value is -0.0800. The standard InChI is InChI=1S/C33H59NO/c1-24(2)10-9-11-25(3)29-14-15-30-28-13-12-26-22-27(35-23-34-20-7-6-8-21-34)16-18-32(26,4)31(28)17-19-33(29,30)5/h24-31H,6-23H2,1-5H3. The highest BCUT2D eigenvalue weighted by molar-refractivity contribution is 5.09. The zero-order valence-corrected chi connectivity index (χ0v) is 24.2. The number of hydrogen-bond acceptors (Lipinski definition) is 2. The summed E-state index contributed by atoms with van der Waals surface area (Å²) < 4.78 is 6.55. The van der Waals surface area contributed by atoms with Gasteiger partial charge in [0, 0.05) is 13.1 Å². The van der Waals surface area contributed by atoms with Crippen LogP contribution < -0.4 is 0 Å². The van der Waals surface area contributed by atoms with E-state index in [1.807, 2.05) is 0 Å². The van der Waals surface area contributed by atoms with E-state index in [1.165, 1.54) is 103 Å². The van der Waals surface area contributed by atoms with E-state index >= 15 is 0 Å². The molecule has 4 saturated carbocycles. The molecule has 1 aliphatic heterocycles. The van der Waals surface area contributed by atoms with Crippen molar-refractivity contribution < 1.29 is 4.74 Å². The normalized spacial score (nSPS) is 45.1. The highest BCUT2D eigenvalue weighted by Crippen LogP contribution is 2.68. The first-order valence-corrected chi connectivity index (χ1v) is 16.1. The molecule has 4 aliphatic carbocycles. The molecule has 5 fully saturated rings. The van der Waals surface area contributed by atoms with Crippen LogP contribution >= 0.6 is 0 Å². The number of fused-ring (bicyclic) bond motifs is 5. The molecule has 9 atom stereocenters. The molecule has 2 nitrogen and oxygen atoms in total. The van der Waals surface area contributed by atoms with Crippen molar-refractivity contribution in [1.29, 1.82) is 0 Å². The van der Waals surface area contributed by atoms with E-state index in [0.29, 0.717) is 16.9 Å². The number of ether oxygens (including phenoxy) is 1. The first kappa shape index (κ1) is 26.5. The Morgan fingerprint density at radius 2 is 1.54 bits per heavy atom. The molecule has 2 heteroatoms. The fourth-order valence-corrected chi connectivity index (χ4v) is 10.7. The fourth-order valence-electron chi connectivity index (χ4n) is 10.7. The minimum absolute atomic E-state index is 0.531. The minimum Gasteiger partial charge on any atom is -0.363 e. The number of nitrogens with zero attached hydrogens (tertiary/aromatic N) is 1. The molecule has 0 aromatic heterocycles. The van der Waals surface area contributed by atoms with Crippen molar-refractivity contribution in [2.75, 3.05) is 19.8 Å². The summed E-state index contributed by atoms with van der Waals surface area (Å²) in [6, 6.07) is 0. The highest BCUT2D eigenvalue weighted by Gasteiger charge is 2.60. The highest BCUT2D eigenvalue weighted by atomic mass is 16.5. The van der Waals surface area contributed by atoms with Crippen LogP contribution in [-0.4, -0.2) is 30.8 Å². The Morgan fingerprint density at radius 3 is 2.31 bits per heavy atom. The van der Waals surface area contributed by atoms with Crippen LogP contribution in [0.5, 0.6) is 0 Å². The SMILES string of the molecule is CC(C)CCCC(C)C1CCC2C3CCC4CC(OCN5CCCCC5)CCC4(C)C3CCC12C. The van der Waals surface area contributed by atoms with E-state index in [0.717, 1.165) is 48.2 Å². The molecule has 5 aliphatic rings. The lowest BCUT2D eigenvalue weighted by molar-refractivity contribution is -0.144. The molecule has 0 amide bonds. The largest absolute Gasteiger partial charge is 0.363 e. The van der Waals surface area contributed by atoms with Gasteiger partial charge < -0.3 is 4.74 Å². The molecule has 5 rings (SSSR count). The number of hydrogen-bond donors (Lipinski definition) is 0. The maximum Gasteiger partial charge on any atom is 0.0994 e. The third-order valence-corrected chi connectivity index (χ3v) is 12.8. The minimum atomic E-state index is 0.531. The quantitative estimate of drug-likeness (QED) is 0.340. The molecule has 35 heavy (non-hydrogen) atoms. The second-order valence-corrected chi connectivity index (χ2v) is 15.1. The molecule has 1 saturated heterocycles. The van der Waals surface area contributed by atoms with Gasteiger partial charge in [-0.25, -0.2) is 0 Å². The first-order chi connectivity index (χ1) is 16.8. The van der Waals surface area contributed by atoms with Gasteiger partial charge in [-0.15, -0.1) is 0 Å². The summed E-state index contributed by atoms with van der Waals surface area (Å²) in [5.74, 6) is 6.74. The Balaban J connectivity index is 1.18. The van der Waals surface area contributed by atoms with Gasteiger partial charge >= 0.3 is 0 Å². The monoisotopic (exact) mass is 485 g/mol. The summed E-state index contributed by atoms with van der Waals surface area (Å²) in [4.78, 5) is 2.57. The van der Waals surface area contributed by atoms with Crippen molar-refractivity contribution in [1.82, 2.24) is 4.90 Å². The fraction of sp³-hybridized carbons (Fsp3) is 1.00. The summed E-state index contributed by atoms with van der Waals surface area (Å²) in [6.07, 6.45) is 22.3. The molecular weight excluding hydrogens is 426 g/mol. The lowest BCUT2D eigenvalue weighted by Gasteiger charge is -2.61. The van der Waals surface area contributed by atoms with E-state index in [1.54, 1.807) is 6.42 Å². The van der Waals surface area contributed by atoms with Crippen molar-refractivity contribution in [2.24, 2.45) is 52.3 Å². The van der Waals surface area contributed by atoms with Crippen molar-refractivity contribution in [3.8, 4) is 0 Å². The van der Waals surface area contributed by atoms with E-state index in [-0.39, 0.29) is 0 Å². The van der Waals surface area contributed by atoms with Crippen LogP contribution in [0, 0.1) is 52.3 Å². The summed E-state index contributed by atoms with van der Waals surface area (Å²) in [6.45, 7) is 16.3.